The smallest absolute Gasteiger partial charge is 0.169 e. The van der Waals surface area contributed by atoms with Gasteiger partial charge in [0.15, 0.2) is 5.11 Å². The molecule has 0 saturated carbocycles. The summed E-state index contributed by atoms with van der Waals surface area (Å²) in [6, 6.07) is 14.2. The van der Waals surface area contributed by atoms with Crippen molar-refractivity contribution in [3.63, 3.8) is 0 Å². The Morgan fingerprint density at radius 3 is 2.48 bits per heavy atom. The second-order valence-corrected chi connectivity index (χ2v) is 10.1. The Hall–Kier alpha value is -1.69. The summed E-state index contributed by atoms with van der Waals surface area (Å²) >= 11 is 12.1. The molecule has 1 aliphatic rings. The summed E-state index contributed by atoms with van der Waals surface area (Å²) in [5, 5.41) is 8.87. The van der Waals surface area contributed by atoms with Crippen molar-refractivity contribution in [2.45, 2.75) is 70.7 Å². The molecular formula is C23H31ClN4S. The molecule has 1 fully saturated rings. The van der Waals surface area contributed by atoms with E-state index in [1.54, 1.807) is 0 Å². The Bertz CT molecular complexity index is 822. The maximum atomic E-state index is 6.20. The quantitative estimate of drug-likeness (QED) is 0.658. The van der Waals surface area contributed by atoms with E-state index in [0.717, 1.165) is 34.2 Å². The largest absolute Gasteiger partial charge is 0.360 e. The van der Waals surface area contributed by atoms with Gasteiger partial charge in [-0.05, 0) is 82.6 Å². The van der Waals surface area contributed by atoms with Crippen molar-refractivity contribution in [1.29, 1.82) is 0 Å². The molecule has 0 aliphatic carbocycles. The van der Waals surface area contributed by atoms with Gasteiger partial charge in [-0.25, -0.2) is 0 Å². The van der Waals surface area contributed by atoms with E-state index in [1.165, 1.54) is 0 Å². The summed E-state index contributed by atoms with van der Waals surface area (Å²) in [5.74, 6) is 0. The van der Waals surface area contributed by atoms with Crippen LogP contribution in [0.1, 0.15) is 51.8 Å². The first-order chi connectivity index (χ1) is 13.6. The van der Waals surface area contributed by atoms with Gasteiger partial charge in [0.05, 0.1) is 12.2 Å². The average molecular weight is 431 g/mol. The van der Waals surface area contributed by atoms with Crippen LogP contribution in [0.15, 0.2) is 48.7 Å². The maximum Gasteiger partial charge on any atom is 0.169 e. The second-order valence-electron chi connectivity index (χ2n) is 9.25. The first-order valence-electron chi connectivity index (χ1n) is 10.1. The van der Waals surface area contributed by atoms with E-state index in [1.807, 2.05) is 42.6 Å². The molecule has 0 bridgehead atoms. The maximum absolute atomic E-state index is 6.20. The van der Waals surface area contributed by atoms with E-state index in [9.17, 15) is 0 Å². The van der Waals surface area contributed by atoms with Crippen molar-refractivity contribution >= 4 is 28.9 Å². The van der Waals surface area contributed by atoms with Gasteiger partial charge in [0, 0.05) is 34.9 Å². The Morgan fingerprint density at radius 1 is 1.14 bits per heavy atom. The number of aromatic nitrogens is 1. The van der Waals surface area contributed by atoms with Crippen LogP contribution in [0.25, 0.3) is 0 Å². The third kappa shape index (κ3) is 6.66. The summed E-state index contributed by atoms with van der Waals surface area (Å²) in [6.07, 6.45) is 3.86. The first-order valence-corrected chi connectivity index (χ1v) is 10.9. The van der Waals surface area contributed by atoms with E-state index in [4.69, 9.17) is 23.8 Å². The number of rotatable bonds is 5. The number of halogens is 1. The van der Waals surface area contributed by atoms with Crippen LogP contribution in [0.4, 0.5) is 0 Å². The lowest BCUT2D eigenvalue weighted by molar-refractivity contribution is 0.153. The van der Waals surface area contributed by atoms with Gasteiger partial charge < -0.3 is 15.5 Å². The zero-order chi connectivity index (χ0) is 21.1. The predicted molar refractivity (Wildman–Crippen MR) is 125 cm³/mol. The van der Waals surface area contributed by atoms with Crippen LogP contribution < -0.4 is 10.6 Å². The lowest BCUT2D eigenvalue weighted by atomic mass is 9.80. The minimum Gasteiger partial charge on any atom is -0.360 e. The summed E-state index contributed by atoms with van der Waals surface area (Å²) in [4.78, 5) is 6.66. The number of benzene rings is 1. The van der Waals surface area contributed by atoms with Crippen molar-refractivity contribution < 1.29 is 0 Å². The molecule has 6 heteroatoms. The fourth-order valence-corrected chi connectivity index (χ4v) is 4.94. The topological polar surface area (TPSA) is 40.2 Å². The first kappa shape index (κ1) is 22.0. The van der Waals surface area contributed by atoms with Gasteiger partial charge in [0.1, 0.15) is 0 Å². The zero-order valence-corrected chi connectivity index (χ0v) is 19.3. The molecule has 0 atom stereocenters. The van der Waals surface area contributed by atoms with E-state index in [-0.39, 0.29) is 11.1 Å². The molecule has 2 N–H and O–H groups in total. The fourth-order valence-electron chi connectivity index (χ4n) is 4.43. The van der Waals surface area contributed by atoms with Gasteiger partial charge >= 0.3 is 0 Å². The number of pyridine rings is 1. The van der Waals surface area contributed by atoms with Gasteiger partial charge in [-0.2, -0.15) is 0 Å². The molecule has 4 nitrogen and oxygen atoms in total. The van der Waals surface area contributed by atoms with Gasteiger partial charge in [-0.3, -0.25) is 4.98 Å². The van der Waals surface area contributed by atoms with Gasteiger partial charge in [0.2, 0.25) is 0 Å². The summed E-state index contributed by atoms with van der Waals surface area (Å²) in [5.41, 5.74) is 2.25. The summed E-state index contributed by atoms with van der Waals surface area (Å²) < 4.78 is 0. The third-order valence-corrected chi connectivity index (χ3v) is 5.76. The second kappa shape index (κ2) is 8.99. The molecule has 0 radical (unpaired) electrons. The molecule has 156 valence electrons. The predicted octanol–water partition coefficient (Wildman–Crippen LogP) is 4.92. The average Bonchev–Trinajstić information content (AvgIpc) is 2.59. The highest BCUT2D eigenvalue weighted by atomic mass is 35.5. The van der Waals surface area contributed by atoms with Crippen LogP contribution in [0.5, 0.6) is 0 Å². The zero-order valence-electron chi connectivity index (χ0n) is 17.7. The van der Waals surface area contributed by atoms with Crippen molar-refractivity contribution in [3.05, 3.63) is 64.9 Å². The Kier molecular flexibility index (Phi) is 6.82. The normalized spacial score (nSPS) is 18.2. The molecule has 0 spiro atoms. The monoisotopic (exact) mass is 430 g/mol. The number of hydrogen-bond acceptors (Lipinski definition) is 3. The minimum absolute atomic E-state index is 0.0633. The van der Waals surface area contributed by atoms with Crippen LogP contribution in [0.3, 0.4) is 0 Å². The van der Waals surface area contributed by atoms with Crippen LogP contribution >= 0.6 is 23.8 Å². The highest BCUT2D eigenvalue weighted by Crippen LogP contribution is 2.28. The van der Waals surface area contributed by atoms with Crippen LogP contribution in [0, 0.1) is 0 Å². The van der Waals surface area contributed by atoms with E-state index < -0.39 is 0 Å². The molecule has 1 aromatic carbocycles. The lowest BCUT2D eigenvalue weighted by Crippen LogP contribution is -2.62. The number of nitrogens with one attached hydrogen (secondary N) is 2. The van der Waals surface area contributed by atoms with Gasteiger partial charge in [0.25, 0.3) is 0 Å². The molecule has 1 aromatic heterocycles. The van der Waals surface area contributed by atoms with E-state index in [0.29, 0.717) is 19.1 Å². The Balaban J connectivity index is 1.76. The number of thiocarbonyl (C=S) groups is 1. The van der Waals surface area contributed by atoms with Gasteiger partial charge in [-0.15, -0.1) is 0 Å². The van der Waals surface area contributed by atoms with Crippen LogP contribution in [-0.4, -0.2) is 32.1 Å². The Labute approximate surface area is 185 Å². The molecule has 1 aliphatic heterocycles. The summed E-state index contributed by atoms with van der Waals surface area (Å²) in [6.45, 7) is 10.3. The molecule has 3 rings (SSSR count). The minimum atomic E-state index is 0.0633. The fraction of sp³-hybridized carbons (Fsp3) is 0.478. The lowest BCUT2D eigenvalue weighted by Gasteiger charge is -2.47. The van der Waals surface area contributed by atoms with E-state index >= 15 is 0 Å². The van der Waals surface area contributed by atoms with Crippen molar-refractivity contribution in [1.82, 2.24) is 20.5 Å². The van der Waals surface area contributed by atoms with Crippen LogP contribution in [-0.2, 0) is 13.1 Å². The molecule has 29 heavy (non-hydrogen) atoms. The van der Waals surface area contributed by atoms with Crippen molar-refractivity contribution in [3.8, 4) is 0 Å². The van der Waals surface area contributed by atoms with Gasteiger partial charge in [-0.1, -0.05) is 29.8 Å². The molecule has 2 aromatic rings. The SMILES string of the molecule is CC1(C)CC(NC(=S)N(Cc2cccc(Cl)c2)Cc2ccccn2)CC(C)(C)N1. The summed E-state index contributed by atoms with van der Waals surface area (Å²) in [7, 11) is 0. The molecule has 1 saturated heterocycles. The molecule has 0 amide bonds. The van der Waals surface area contributed by atoms with Crippen molar-refractivity contribution in [2.75, 3.05) is 0 Å². The highest BCUT2D eigenvalue weighted by Gasteiger charge is 2.38. The third-order valence-electron chi connectivity index (χ3n) is 5.15. The van der Waals surface area contributed by atoms with Crippen molar-refractivity contribution in [2.24, 2.45) is 0 Å². The molecule has 2 heterocycles. The molecule has 0 unspecified atom stereocenters. The number of nitrogens with zero attached hydrogens (tertiary/aromatic N) is 2. The van der Waals surface area contributed by atoms with E-state index in [2.05, 4.69) is 54.3 Å². The Morgan fingerprint density at radius 2 is 1.86 bits per heavy atom. The van der Waals surface area contributed by atoms with Crippen LogP contribution in [0.2, 0.25) is 5.02 Å². The molecular weight excluding hydrogens is 400 g/mol. The standard InChI is InChI=1S/C23H31ClN4S/c1-22(2)13-20(14-23(3,4)27-22)26-21(29)28(16-19-10-5-6-11-25-19)15-17-8-7-9-18(24)12-17/h5-12,20,27H,13-16H2,1-4H3,(H,26,29). The number of piperidine rings is 1. The highest BCUT2D eigenvalue weighted by molar-refractivity contribution is 7.80. The number of hydrogen-bond donors (Lipinski definition) is 2.